The average molecular weight is 376 g/mol. The summed E-state index contributed by atoms with van der Waals surface area (Å²) in [5.74, 6) is 0.852. The maximum absolute atomic E-state index is 4.89. The van der Waals surface area contributed by atoms with E-state index in [1.165, 1.54) is 16.6 Å². The minimum atomic E-state index is -0.0507. The number of rotatable bonds is 2. The van der Waals surface area contributed by atoms with Crippen LogP contribution in [0.25, 0.3) is 22.2 Å². The van der Waals surface area contributed by atoms with Crippen molar-refractivity contribution in [3.63, 3.8) is 0 Å². The van der Waals surface area contributed by atoms with E-state index in [1.807, 2.05) is 12.4 Å². The number of hydrogen-bond donors (Lipinski definition) is 0. The summed E-state index contributed by atoms with van der Waals surface area (Å²) in [5, 5.41) is 1.22. The average Bonchev–Trinajstić information content (AvgIpc) is 2.68. The molecule has 1 aromatic carbocycles. The van der Waals surface area contributed by atoms with E-state index >= 15 is 0 Å². The van der Waals surface area contributed by atoms with Gasteiger partial charge in [0.1, 0.15) is 5.82 Å². The van der Waals surface area contributed by atoms with Crippen molar-refractivity contribution in [1.29, 1.82) is 0 Å². The SMILES string of the molecule is Cc1cc(-c2cnc(C(C)(C)C)nc2)nc2ccc(N3CCN(C)CC3)cc12. The first-order valence-electron chi connectivity index (χ1n) is 9.99. The van der Waals surface area contributed by atoms with Crippen LogP contribution in [0.3, 0.4) is 0 Å². The second-order valence-corrected chi connectivity index (χ2v) is 8.86. The highest BCUT2D eigenvalue weighted by atomic mass is 15.2. The van der Waals surface area contributed by atoms with Gasteiger partial charge in [-0.15, -0.1) is 0 Å². The smallest absolute Gasteiger partial charge is 0.133 e. The van der Waals surface area contributed by atoms with Gasteiger partial charge in [-0.25, -0.2) is 15.0 Å². The number of anilines is 1. The summed E-state index contributed by atoms with van der Waals surface area (Å²) in [5.41, 5.74) is 5.38. The third-order valence-electron chi connectivity index (χ3n) is 5.49. The van der Waals surface area contributed by atoms with Crippen molar-refractivity contribution in [2.75, 3.05) is 38.1 Å². The number of pyridine rings is 1. The molecule has 4 rings (SSSR count). The Hall–Kier alpha value is -2.53. The minimum Gasteiger partial charge on any atom is -0.369 e. The molecule has 0 N–H and O–H groups in total. The van der Waals surface area contributed by atoms with Gasteiger partial charge in [0.2, 0.25) is 0 Å². The Morgan fingerprint density at radius 2 is 1.61 bits per heavy atom. The van der Waals surface area contributed by atoms with Gasteiger partial charge in [-0.05, 0) is 43.8 Å². The van der Waals surface area contributed by atoms with Gasteiger partial charge in [0.05, 0.1) is 11.2 Å². The van der Waals surface area contributed by atoms with Gasteiger partial charge in [-0.3, -0.25) is 0 Å². The molecule has 2 aromatic heterocycles. The van der Waals surface area contributed by atoms with Crippen molar-refractivity contribution < 1.29 is 0 Å². The molecule has 0 unspecified atom stereocenters. The molecular weight excluding hydrogens is 346 g/mol. The Morgan fingerprint density at radius 3 is 2.25 bits per heavy atom. The fourth-order valence-corrected chi connectivity index (χ4v) is 3.64. The van der Waals surface area contributed by atoms with Crippen molar-refractivity contribution in [3.8, 4) is 11.3 Å². The molecule has 1 aliphatic heterocycles. The number of nitrogens with zero attached hydrogens (tertiary/aromatic N) is 5. The van der Waals surface area contributed by atoms with E-state index in [9.17, 15) is 0 Å². The molecule has 3 heterocycles. The van der Waals surface area contributed by atoms with Gasteiger partial charge in [0.25, 0.3) is 0 Å². The molecule has 0 bridgehead atoms. The van der Waals surface area contributed by atoms with Crippen LogP contribution in [0.1, 0.15) is 32.2 Å². The zero-order chi connectivity index (χ0) is 19.9. The molecule has 1 fully saturated rings. The van der Waals surface area contributed by atoms with Gasteiger partial charge in [0, 0.05) is 60.6 Å². The maximum atomic E-state index is 4.89. The lowest BCUT2D eigenvalue weighted by atomic mass is 9.95. The standard InChI is InChI=1S/C23H29N5/c1-16-12-21(17-14-24-22(25-15-17)23(2,3)4)26-20-7-6-18(13-19(16)20)28-10-8-27(5)9-11-28/h6-7,12-15H,8-11H2,1-5H3. The fourth-order valence-electron chi connectivity index (χ4n) is 3.64. The molecule has 0 aliphatic carbocycles. The number of aromatic nitrogens is 3. The normalized spacial score (nSPS) is 16.0. The number of piperazine rings is 1. The molecule has 28 heavy (non-hydrogen) atoms. The Morgan fingerprint density at radius 1 is 0.929 bits per heavy atom. The number of aryl methyl sites for hydroxylation is 1. The summed E-state index contributed by atoms with van der Waals surface area (Å²) in [6.07, 6.45) is 3.78. The molecule has 0 saturated carbocycles. The molecular formula is C23H29N5. The Kier molecular flexibility index (Phi) is 4.79. The van der Waals surface area contributed by atoms with Crippen molar-refractivity contribution in [3.05, 3.63) is 48.0 Å². The van der Waals surface area contributed by atoms with E-state index < -0.39 is 0 Å². The van der Waals surface area contributed by atoms with Crippen LogP contribution in [0.15, 0.2) is 36.7 Å². The van der Waals surface area contributed by atoms with Gasteiger partial charge in [-0.1, -0.05) is 20.8 Å². The van der Waals surface area contributed by atoms with Gasteiger partial charge < -0.3 is 9.80 Å². The topological polar surface area (TPSA) is 45.2 Å². The van der Waals surface area contributed by atoms with E-state index in [-0.39, 0.29) is 5.41 Å². The summed E-state index contributed by atoms with van der Waals surface area (Å²) < 4.78 is 0. The number of benzene rings is 1. The maximum Gasteiger partial charge on any atom is 0.133 e. The van der Waals surface area contributed by atoms with Crippen molar-refractivity contribution in [2.24, 2.45) is 0 Å². The monoisotopic (exact) mass is 375 g/mol. The Balaban J connectivity index is 1.66. The summed E-state index contributed by atoms with van der Waals surface area (Å²) in [7, 11) is 2.19. The van der Waals surface area contributed by atoms with Crippen LogP contribution in [0.5, 0.6) is 0 Å². The quantitative estimate of drug-likeness (QED) is 0.676. The molecule has 0 atom stereocenters. The third-order valence-corrected chi connectivity index (χ3v) is 5.49. The first kappa shape index (κ1) is 18.8. The number of fused-ring (bicyclic) bond motifs is 1. The molecule has 1 saturated heterocycles. The molecule has 3 aromatic rings. The summed E-state index contributed by atoms with van der Waals surface area (Å²) in [6.45, 7) is 12.9. The Labute approximate surface area is 167 Å². The van der Waals surface area contributed by atoms with Crippen LogP contribution in [0, 0.1) is 6.92 Å². The van der Waals surface area contributed by atoms with Crippen LogP contribution < -0.4 is 4.90 Å². The second kappa shape index (κ2) is 7.13. The molecule has 0 spiro atoms. The largest absolute Gasteiger partial charge is 0.369 e. The Bertz CT molecular complexity index is 980. The lowest BCUT2D eigenvalue weighted by molar-refractivity contribution is 0.313. The first-order valence-corrected chi connectivity index (χ1v) is 9.99. The van der Waals surface area contributed by atoms with Crippen LogP contribution >= 0.6 is 0 Å². The van der Waals surface area contributed by atoms with Gasteiger partial charge >= 0.3 is 0 Å². The minimum absolute atomic E-state index is 0.0507. The molecule has 5 nitrogen and oxygen atoms in total. The van der Waals surface area contributed by atoms with E-state index in [2.05, 4.69) is 78.8 Å². The summed E-state index contributed by atoms with van der Waals surface area (Å²) in [4.78, 5) is 18.8. The van der Waals surface area contributed by atoms with Crippen LogP contribution in [-0.4, -0.2) is 53.1 Å². The van der Waals surface area contributed by atoms with Crippen LogP contribution in [-0.2, 0) is 5.41 Å². The van der Waals surface area contributed by atoms with Crippen molar-refractivity contribution in [2.45, 2.75) is 33.1 Å². The van der Waals surface area contributed by atoms with E-state index in [4.69, 9.17) is 4.98 Å². The van der Waals surface area contributed by atoms with Gasteiger partial charge in [0.15, 0.2) is 0 Å². The van der Waals surface area contributed by atoms with Crippen LogP contribution in [0.2, 0.25) is 0 Å². The highest BCUT2D eigenvalue weighted by molar-refractivity contribution is 5.88. The molecule has 5 heteroatoms. The summed E-state index contributed by atoms with van der Waals surface area (Å²) >= 11 is 0. The van der Waals surface area contributed by atoms with Crippen molar-refractivity contribution in [1.82, 2.24) is 19.9 Å². The lowest BCUT2D eigenvalue weighted by Crippen LogP contribution is -2.44. The zero-order valence-electron chi connectivity index (χ0n) is 17.5. The lowest BCUT2D eigenvalue weighted by Gasteiger charge is -2.34. The predicted molar refractivity (Wildman–Crippen MR) is 116 cm³/mol. The van der Waals surface area contributed by atoms with E-state index in [1.54, 1.807) is 0 Å². The highest BCUT2D eigenvalue weighted by Crippen LogP contribution is 2.28. The van der Waals surface area contributed by atoms with E-state index in [0.29, 0.717) is 0 Å². The number of hydrogen-bond acceptors (Lipinski definition) is 5. The predicted octanol–water partition coefficient (Wildman–Crippen LogP) is 4.05. The first-order chi connectivity index (χ1) is 13.3. The fraction of sp³-hybridized carbons (Fsp3) is 0.435. The van der Waals surface area contributed by atoms with Crippen molar-refractivity contribution >= 4 is 16.6 Å². The van der Waals surface area contributed by atoms with Gasteiger partial charge in [-0.2, -0.15) is 0 Å². The number of likely N-dealkylation sites (N-methyl/N-ethyl adjacent to an activating group) is 1. The molecule has 146 valence electrons. The van der Waals surface area contributed by atoms with E-state index in [0.717, 1.165) is 48.8 Å². The molecule has 1 aliphatic rings. The zero-order valence-corrected chi connectivity index (χ0v) is 17.5. The second-order valence-electron chi connectivity index (χ2n) is 8.86. The summed E-state index contributed by atoms with van der Waals surface area (Å²) in [6, 6.07) is 8.77. The third kappa shape index (κ3) is 3.72. The molecule has 0 amide bonds. The van der Waals surface area contributed by atoms with Crippen LogP contribution in [0.4, 0.5) is 5.69 Å². The highest BCUT2D eigenvalue weighted by Gasteiger charge is 2.18. The molecule has 0 radical (unpaired) electrons.